The number of carboxylic acids is 1. The number of hydrogen-bond donors (Lipinski definition) is 4. The van der Waals surface area contributed by atoms with Crippen LogP contribution in [0.2, 0.25) is 0 Å². The Bertz CT molecular complexity index is 502. The van der Waals surface area contributed by atoms with E-state index in [1.54, 1.807) is 5.38 Å². The molecule has 0 saturated heterocycles. The molecule has 0 aliphatic carbocycles. The van der Waals surface area contributed by atoms with Gasteiger partial charge in [0.1, 0.15) is 11.0 Å². The highest BCUT2D eigenvalue weighted by Gasteiger charge is 2.20. The number of aliphatic carboxylic acids is 1. The maximum Gasteiger partial charge on any atom is 0.326 e. The van der Waals surface area contributed by atoms with Gasteiger partial charge in [-0.3, -0.25) is 9.59 Å². The predicted octanol–water partition coefficient (Wildman–Crippen LogP) is -1.02. The van der Waals surface area contributed by atoms with E-state index >= 15 is 0 Å². The molecule has 0 aliphatic heterocycles. The highest BCUT2D eigenvalue weighted by Crippen LogP contribution is 2.09. The number of rotatable bonds is 8. The molecule has 0 spiro atoms. The van der Waals surface area contributed by atoms with Crippen LogP contribution in [0.5, 0.6) is 0 Å². The summed E-state index contributed by atoms with van der Waals surface area (Å²) in [5, 5.41) is 13.7. The van der Waals surface area contributed by atoms with Gasteiger partial charge in [0.05, 0.1) is 12.1 Å². The lowest BCUT2D eigenvalue weighted by molar-refractivity contribution is -0.142. The average molecular weight is 300 g/mol. The Morgan fingerprint density at radius 1 is 1.45 bits per heavy atom. The first kappa shape index (κ1) is 16.1. The number of nitrogens with zero attached hydrogens (tertiary/aromatic N) is 1. The van der Waals surface area contributed by atoms with Gasteiger partial charge < -0.3 is 21.9 Å². The van der Waals surface area contributed by atoms with Gasteiger partial charge in [-0.2, -0.15) is 0 Å². The molecule has 0 aromatic carbocycles. The summed E-state index contributed by atoms with van der Waals surface area (Å²) >= 11 is 1.34. The summed E-state index contributed by atoms with van der Waals surface area (Å²) in [4.78, 5) is 37.4. The first-order valence-corrected chi connectivity index (χ1v) is 6.74. The maximum absolute atomic E-state index is 11.7. The van der Waals surface area contributed by atoms with Crippen molar-refractivity contribution in [3.05, 3.63) is 16.1 Å². The fourth-order valence-electron chi connectivity index (χ4n) is 1.48. The van der Waals surface area contributed by atoms with Crippen LogP contribution in [-0.2, 0) is 27.3 Å². The van der Waals surface area contributed by atoms with Gasteiger partial charge >= 0.3 is 5.97 Å². The Labute approximate surface area is 119 Å². The molecule has 0 radical (unpaired) electrons. The van der Waals surface area contributed by atoms with Crippen molar-refractivity contribution < 1.29 is 19.5 Å². The minimum Gasteiger partial charge on any atom is -0.480 e. The van der Waals surface area contributed by atoms with Gasteiger partial charge in [-0.15, -0.1) is 11.3 Å². The number of nitrogens with one attached hydrogen (secondary N) is 1. The second-order valence-electron chi connectivity index (χ2n) is 4.08. The van der Waals surface area contributed by atoms with E-state index in [0.717, 1.165) is 0 Å². The number of nitrogens with two attached hydrogens (primary N) is 2. The van der Waals surface area contributed by atoms with Crippen molar-refractivity contribution in [3.8, 4) is 0 Å². The molecule has 1 aromatic heterocycles. The van der Waals surface area contributed by atoms with Crippen molar-refractivity contribution in [2.75, 3.05) is 0 Å². The zero-order valence-corrected chi connectivity index (χ0v) is 11.5. The molecule has 0 fully saturated rings. The van der Waals surface area contributed by atoms with E-state index < -0.39 is 23.8 Å². The molecule has 20 heavy (non-hydrogen) atoms. The quantitative estimate of drug-likeness (QED) is 0.483. The second kappa shape index (κ2) is 7.56. The number of amides is 2. The maximum atomic E-state index is 11.7. The zero-order valence-electron chi connectivity index (χ0n) is 10.7. The van der Waals surface area contributed by atoms with Crippen LogP contribution in [0, 0.1) is 0 Å². The third kappa shape index (κ3) is 5.33. The number of carbonyl (C=O) groups is 3. The van der Waals surface area contributed by atoms with Crippen molar-refractivity contribution in [1.29, 1.82) is 0 Å². The molecule has 1 heterocycles. The van der Waals surface area contributed by atoms with E-state index in [-0.39, 0.29) is 19.3 Å². The molecule has 0 aliphatic rings. The van der Waals surface area contributed by atoms with Crippen LogP contribution in [-0.4, -0.2) is 33.9 Å². The Hall–Kier alpha value is -2.00. The number of hydrogen-bond acceptors (Lipinski definition) is 6. The standard InChI is InChI=1S/C11H16N4O4S/c12-4-10-14-6(5-20-10)3-9(17)15-7(11(18)19)1-2-8(13)16/h5,7H,1-4,12H2,(H2,13,16)(H,15,17)(H,18,19). The Morgan fingerprint density at radius 3 is 2.65 bits per heavy atom. The minimum atomic E-state index is -1.21. The van der Waals surface area contributed by atoms with Crippen molar-refractivity contribution in [3.63, 3.8) is 0 Å². The summed E-state index contributed by atoms with van der Waals surface area (Å²) in [5.74, 6) is -2.30. The third-order valence-electron chi connectivity index (χ3n) is 2.43. The largest absolute Gasteiger partial charge is 0.480 e. The van der Waals surface area contributed by atoms with Crippen LogP contribution in [0.3, 0.4) is 0 Å². The fraction of sp³-hybridized carbons (Fsp3) is 0.455. The summed E-state index contributed by atoms with van der Waals surface area (Å²) < 4.78 is 0. The van der Waals surface area contributed by atoms with Crippen LogP contribution >= 0.6 is 11.3 Å². The number of carboxylic acid groups (broad SMARTS) is 1. The van der Waals surface area contributed by atoms with E-state index in [1.807, 2.05) is 0 Å². The van der Waals surface area contributed by atoms with E-state index in [0.29, 0.717) is 17.2 Å². The summed E-state index contributed by atoms with van der Waals surface area (Å²) in [6.07, 6.45) is -0.177. The molecule has 2 amide bonds. The predicted molar refractivity (Wildman–Crippen MR) is 71.7 cm³/mol. The van der Waals surface area contributed by atoms with Gasteiger partial charge in [-0.25, -0.2) is 9.78 Å². The van der Waals surface area contributed by atoms with Crippen molar-refractivity contribution in [2.45, 2.75) is 31.8 Å². The fourth-order valence-corrected chi connectivity index (χ4v) is 2.15. The topological polar surface area (TPSA) is 148 Å². The number of primary amides is 1. The van der Waals surface area contributed by atoms with Crippen molar-refractivity contribution >= 4 is 29.1 Å². The molecule has 0 bridgehead atoms. The van der Waals surface area contributed by atoms with Gasteiger partial charge in [-0.1, -0.05) is 0 Å². The van der Waals surface area contributed by atoms with Gasteiger partial charge in [0.25, 0.3) is 0 Å². The molecular weight excluding hydrogens is 284 g/mol. The molecule has 6 N–H and O–H groups in total. The Balaban J connectivity index is 2.52. The number of thiazole rings is 1. The van der Waals surface area contributed by atoms with Crippen LogP contribution in [0.15, 0.2) is 5.38 Å². The van der Waals surface area contributed by atoms with Gasteiger partial charge in [0.2, 0.25) is 11.8 Å². The molecule has 1 aromatic rings. The normalized spacial score (nSPS) is 11.8. The Morgan fingerprint density at radius 2 is 2.15 bits per heavy atom. The molecule has 0 saturated carbocycles. The molecular formula is C11H16N4O4S. The lowest BCUT2D eigenvalue weighted by atomic mass is 10.1. The highest BCUT2D eigenvalue weighted by atomic mass is 32.1. The van der Waals surface area contributed by atoms with Crippen molar-refractivity contribution in [2.24, 2.45) is 11.5 Å². The monoisotopic (exact) mass is 300 g/mol. The molecule has 9 heteroatoms. The first-order valence-electron chi connectivity index (χ1n) is 5.86. The lowest BCUT2D eigenvalue weighted by Crippen LogP contribution is -2.42. The molecule has 8 nitrogen and oxygen atoms in total. The minimum absolute atomic E-state index is 0.0309. The SMILES string of the molecule is NCc1nc(CC(=O)NC(CCC(N)=O)C(=O)O)cs1. The van der Waals surface area contributed by atoms with Gasteiger partial charge in [-0.05, 0) is 6.42 Å². The van der Waals surface area contributed by atoms with Crippen LogP contribution in [0.25, 0.3) is 0 Å². The van der Waals surface area contributed by atoms with E-state index in [9.17, 15) is 14.4 Å². The number of carbonyl (C=O) groups excluding carboxylic acids is 2. The van der Waals surface area contributed by atoms with Gasteiger partial charge in [0.15, 0.2) is 0 Å². The molecule has 1 unspecified atom stereocenters. The summed E-state index contributed by atoms with van der Waals surface area (Å²) in [5.41, 5.74) is 10.9. The molecule has 110 valence electrons. The van der Waals surface area contributed by atoms with E-state index in [2.05, 4.69) is 10.3 Å². The number of aromatic nitrogens is 1. The summed E-state index contributed by atoms with van der Waals surface area (Å²) in [6.45, 7) is 0.294. The lowest BCUT2D eigenvalue weighted by Gasteiger charge is -2.13. The van der Waals surface area contributed by atoms with E-state index in [4.69, 9.17) is 16.6 Å². The zero-order chi connectivity index (χ0) is 15.1. The van der Waals surface area contributed by atoms with E-state index in [1.165, 1.54) is 11.3 Å². The second-order valence-corrected chi connectivity index (χ2v) is 5.02. The average Bonchev–Trinajstić information content (AvgIpc) is 2.81. The highest BCUT2D eigenvalue weighted by molar-refractivity contribution is 7.09. The summed E-state index contributed by atoms with van der Waals surface area (Å²) in [6, 6.07) is -1.14. The Kier molecular flexibility index (Phi) is 6.07. The molecule has 1 atom stereocenters. The first-order chi connectivity index (χ1) is 9.42. The smallest absolute Gasteiger partial charge is 0.326 e. The van der Waals surface area contributed by atoms with Crippen molar-refractivity contribution in [1.82, 2.24) is 10.3 Å². The van der Waals surface area contributed by atoms with Gasteiger partial charge in [0, 0.05) is 18.3 Å². The van der Waals surface area contributed by atoms with Crippen LogP contribution in [0.4, 0.5) is 0 Å². The summed E-state index contributed by atoms with van der Waals surface area (Å²) in [7, 11) is 0. The third-order valence-corrected chi connectivity index (χ3v) is 3.35. The van der Waals surface area contributed by atoms with Crippen LogP contribution in [0.1, 0.15) is 23.5 Å². The van der Waals surface area contributed by atoms with Crippen LogP contribution < -0.4 is 16.8 Å². The molecule has 1 rings (SSSR count).